The number of oxime groups is 1. The molecule has 1 heterocycles. The van der Waals surface area contributed by atoms with E-state index < -0.39 is 0 Å². The Morgan fingerprint density at radius 1 is 1.04 bits per heavy atom. The van der Waals surface area contributed by atoms with Crippen LogP contribution in [-0.4, -0.2) is 62.4 Å². The second-order valence-electron chi connectivity index (χ2n) is 7.45. The molecule has 0 fully saturated rings. The highest BCUT2D eigenvalue weighted by atomic mass is 16.6. The van der Waals surface area contributed by atoms with E-state index in [-0.39, 0.29) is 12.1 Å². The number of nitrogens with zero attached hydrogens (tertiary/aromatic N) is 4. The van der Waals surface area contributed by atoms with Crippen LogP contribution in [0.2, 0.25) is 0 Å². The van der Waals surface area contributed by atoms with Gasteiger partial charge >= 0.3 is 6.03 Å². The number of benzene rings is 2. The number of urea groups is 1. The first-order valence-corrected chi connectivity index (χ1v) is 9.44. The van der Waals surface area contributed by atoms with Gasteiger partial charge in [0.05, 0.1) is 12.3 Å². The first kappa shape index (κ1) is 19.7. The zero-order valence-electron chi connectivity index (χ0n) is 17.0. The van der Waals surface area contributed by atoms with Crippen LogP contribution in [0.3, 0.4) is 0 Å². The largest absolute Gasteiger partial charge is 0.390 e. The zero-order valence-corrected chi connectivity index (χ0v) is 17.0. The number of hydrogen-bond acceptors (Lipinski definition) is 4. The molecule has 1 atom stereocenters. The molecule has 28 heavy (non-hydrogen) atoms. The Balaban J connectivity index is 1.65. The van der Waals surface area contributed by atoms with E-state index in [1.54, 1.807) is 19.0 Å². The van der Waals surface area contributed by atoms with Crippen molar-refractivity contribution >= 4 is 17.4 Å². The van der Waals surface area contributed by atoms with Gasteiger partial charge in [0.15, 0.2) is 6.10 Å². The van der Waals surface area contributed by atoms with Crippen LogP contribution in [0.15, 0.2) is 59.8 Å². The fourth-order valence-corrected chi connectivity index (χ4v) is 3.19. The summed E-state index contributed by atoms with van der Waals surface area (Å²) in [5, 5.41) is 4.28. The van der Waals surface area contributed by atoms with Gasteiger partial charge in [-0.3, -0.25) is 0 Å². The van der Waals surface area contributed by atoms with Gasteiger partial charge in [0.25, 0.3) is 0 Å². The molecule has 0 radical (unpaired) electrons. The number of anilines is 1. The van der Waals surface area contributed by atoms with Gasteiger partial charge in [-0.1, -0.05) is 47.6 Å². The fraction of sp³-hybridized carbons (Fsp3) is 0.364. The molecule has 2 aromatic rings. The predicted molar refractivity (Wildman–Crippen MR) is 113 cm³/mol. The van der Waals surface area contributed by atoms with Gasteiger partial charge in [-0.05, 0) is 23.3 Å². The summed E-state index contributed by atoms with van der Waals surface area (Å²) in [5.41, 5.74) is 4.22. The third kappa shape index (κ3) is 4.82. The third-order valence-electron chi connectivity index (χ3n) is 4.74. The Bertz CT molecular complexity index is 816. The lowest BCUT2D eigenvalue weighted by molar-refractivity contribution is 0.0551. The van der Waals surface area contributed by atoms with Crippen molar-refractivity contribution in [1.29, 1.82) is 0 Å². The molecule has 0 spiro atoms. The second-order valence-corrected chi connectivity index (χ2v) is 7.45. The van der Waals surface area contributed by atoms with Crippen molar-refractivity contribution in [2.45, 2.75) is 19.1 Å². The normalized spacial score (nSPS) is 15.6. The molecule has 0 N–H and O–H groups in total. The van der Waals surface area contributed by atoms with E-state index in [0.717, 1.165) is 22.5 Å². The van der Waals surface area contributed by atoms with Gasteiger partial charge in [0.1, 0.15) is 0 Å². The maximum atomic E-state index is 12.6. The molecule has 1 aliphatic rings. The van der Waals surface area contributed by atoms with Crippen LogP contribution >= 0.6 is 0 Å². The predicted octanol–water partition coefficient (Wildman–Crippen LogP) is 3.43. The number of rotatable bonds is 6. The maximum Gasteiger partial charge on any atom is 0.319 e. The van der Waals surface area contributed by atoms with Crippen molar-refractivity contribution < 1.29 is 9.63 Å². The van der Waals surface area contributed by atoms with E-state index in [4.69, 9.17) is 4.84 Å². The first-order valence-electron chi connectivity index (χ1n) is 9.44. The van der Waals surface area contributed by atoms with Crippen LogP contribution in [0, 0.1) is 0 Å². The lowest BCUT2D eigenvalue weighted by atomic mass is 10.0. The van der Waals surface area contributed by atoms with Gasteiger partial charge in [-0.2, -0.15) is 0 Å². The molecule has 6 nitrogen and oxygen atoms in total. The highest BCUT2D eigenvalue weighted by Gasteiger charge is 2.27. The topological polar surface area (TPSA) is 48.4 Å². The quantitative estimate of drug-likeness (QED) is 0.771. The molecule has 0 aromatic heterocycles. The number of carbonyl (C=O) groups is 1. The van der Waals surface area contributed by atoms with Crippen molar-refractivity contribution in [3.8, 4) is 0 Å². The monoisotopic (exact) mass is 380 g/mol. The highest BCUT2D eigenvalue weighted by Crippen LogP contribution is 2.21. The summed E-state index contributed by atoms with van der Waals surface area (Å²) in [6.45, 7) is 1.04. The molecule has 0 aliphatic carbocycles. The third-order valence-corrected chi connectivity index (χ3v) is 4.74. The smallest absolute Gasteiger partial charge is 0.319 e. The van der Waals surface area contributed by atoms with Crippen LogP contribution in [0.5, 0.6) is 0 Å². The molecule has 2 amide bonds. The molecule has 1 aliphatic heterocycles. The van der Waals surface area contributed by atoms with E-state index in [0.29, 0.717) is 19.5 Å². The molecule has 6 heteroatoms. The summed E-state index contributed by atoms with van der Waals surface area (Å²) in [5.74, 6) is 0. The lowest BCUT2D eigenvalue weighted by Gasteiger charge is -2.27. The Morgan fingerprint density at radius 3 is 2.32 bits per heavy atom. The molecule has 3 rings (SSSR count). The number of hydrogen-bond donors (Lipinski definition) is 0. The minimum atomic E-state index is -0.142. The van der Waals surface area contributed by atoms with Crippen molar-refractivity contribution in [2.24, 2.45) is 5.16 Å². The van der Waals surface area contributed by atoms with E-state index in [9.17, 15) is 4.79 Å². The molecular weight excluding hydrogens is 352 g/mol. The Kier molecular flexibility index (Phi) is 6.19. The van der Waals surface area contributed by atoms with Crippen LogP contribution in [0.25, 0.3) is 0 Å². The summed E-state index contributed by atoms with van der Waals surface area (Å²) in [4.78, 5) is 23.8. The SMILES string of the molecule is CN(C)C(=O)N(Cc1ccccc1)C[C@@H]1CC(c2ccc(N(C)C)cc2)=NO1. The van der Waals surface area contributed by atoms with Crippen LogP contribution < -0.4 is 4.90 Å². The highest BCUT2D eigenvalue weighted by molar-refractivity contribution is 6.01. The fourth-order valence-electron chi connectivity index (χ4n) is 3.19. The van der Waals surface area contributed by atoms with Gasteiger partial charge in [-0.15, -0.1) is 0 Å². The van der Waals surface area contributed by atoms with E-state index in [1.807, 2.05) is 49.3 Å². The van der Waals surface area contributed by atoms with Crippen LogP contribution in [-0.2, 0) is 11.4 Å². The van der Waals surface area contributed by atoms with Gasteiger partial charge < -0.3 is 19.5 Å². The summed E-state index contributed by atoms with van der Waals surface area (Å²) in [6.07, 6.45) is 0.545. The molecular formula is C22H28N4O2. The van der Waals surface area contributed by atoms with Crippen molar-refractivity contribution in [2.75, 3.05) is 39.6 Å². The van der Waals surface area contributed by atoms with Crippen molar-refractivity contribution in [3.05, 3.63) is 65.7 Å². The van der Waals surface area contributed by atoms with Gasteiger partial charge in [0, 0.05) is 46.8 Å². The van der Waals surface area contributed by atoms with Crippen molar-refractivity contribution in [1.82, 2.24) is 9.80 Å². The van der Waals surface area contributed by atoms with E-state index in [2.05, 4.69) is 34.3 Å². The average molecular weight is 380 g/mol. The zero-order chi connectivity index (χ0) is 20.1. The van der Waals surface area contributed by atoms with Crippen LogP contribution in [0.4, 0.5) is 10.5 Å². The molecule has 0 unspecified atom stereocenters. The van der Waals surface area contributed by atoms with Gasteiger partial charge in [-0.25, -0.2) is 4.79 Å². The van der Waals surface area contributed by atoms with E-state index >= 15 is 0 Å². The average Bonchev–Trinajstić information content (AvgIpc) is 3.16. The summed E-state index contributed by atoms with van der Waals surface area (Å²) in [7, 11) is 7.57. The van der Waals surface area contributed by atoms with Gasteiger partial charge in [0.2, 0.25) is 0 Å². The minimum Gasteiger partial charge on any atom is -0.390 e. The summed E-state index contributed by atoms with van der Waals surface area (Å²) in [6, 6.07) is 18.2. The second kappa shape index (κ2) is 8.78. The lowest BCUT2D eigenvalue weighted by Crippen LogP contribution is -2.42. The molecule has 0 saturated carbocycles. The molecule has 0 saturated heterocycles. The maximum absolute atomic E-state index is 12.6. The Labute approximate surface area is 167 Å². The summed E-state index contributed by atoms with van der Waals surface area (Å²) >= 11 is 0. The molecule has 148 valence electrons. The van der Waals surface area contributed by atoms with Crippen LogP contribution in [0.1, 0.15) is 17.5 Å². The number of carbonyl (C=O) groups excluding carboxylic acids is 1. The molecule has 2 aromatic carbocycles. The number of amides is 2. The Hall–Kier alpha value is -3.02. The minimum absolute atomic E-state index is 0.0313. The van der Waals surface area contributed by atoms with E-state index in [1.165, 1.54) is 0 Å². The standard InChI is InChI=1S/C22H28N4O2/c1-24(2)19-12-10-18(11-13-19)21-14-20(28-23-21)16-26(22(27)25(3)4)15-17-8-6-5-7-9-17/h5-13,20H,14-16H2,1-4H3/t20-/m0/s1. The molecule has 0 bridgehead atoms. The summed E-state index contributed by atoms with van der Waals surface area (Å²) < 4.78 is 0. The Morgan fingerprint density at radius 2 is 1.71 bits per heavy atom. The first-order chi connectivity index (χ1) is 13.4. The van der Waals surface area contributed by atoms with Crippen molar-refractivity contribution in [3.63, 3.8) is 0 Å².